The van der Waals surface area contributed by atoms with E-state index in [1.165, 1.54) is 0 Å². The van der Waals surface area contributed by atoms with Crippen molar-refractivity contribution in [3.63, 3.8) is 0 Å². The first kappa shape index (κ1) is 19.2. The van der Waals surface area contributed by atoms with Gasteiger partial charge in [0.25, 0.3) is 5.91 Å². The molecule has 7 heteroatoms. The number of anilines is 1. The number of carbonyl (C=O) groups excluding carboxylic acids is 2. The highest BCUT2D eigenvalue weighted by Crippen LogP contribution is 2.32. The van der Waals surface area contributed by atoms with Crippen LogP contribution in [0.15, 0.2) is 46.9 Å². The monoisotopic (exact) mass is 432 g/mol. The van der Waals surface area contributed by atoms with Crippen LogP contribution in [-0.4, -0.2) is 50.1 Å². The molecule has 0 bridgehead atoms. The molecule has 1 atom stereocenters. The van der Waals surface area contributed by atoms with Crippen molar-refractivity contribution in [2.24, 2.45) is 0 Å². The van der Waals surface area contributed by atoms with Crippen LogP contribution in [-0.2, 0) is 4.79 Å². The molecule has 0 aromatic heterocycles. The van der Waals surface area contributed by atoms with Gasteiger partial charge in [0, 0.05) is 34.9 Å². The molecular weight excluding hydrogens is 412 g/mol. The van der Waals surface area contributed by atoms with E-state index in [9.17, 15) is 9.59 Å². The third kappa shape index (κ3) is 3.78. The zero-order valence-electron chi connectivity index (χ0n) is 15.4. The van der Waals surface area contributed by atoms with Gasteiger partial charge in [-0.05, 0) is 37.3 Å². The van der Waals surface area contributed by atoms with Crippen LogP contribution >= 0.6 is 15.9 Å². The Morgan fingerprint density at radius 2 is 1.81 bits per heavy atom. The van der Waals surface area contributed by atoms with E-state index in [1.807, 2.05) is 18.2 Å². The molecule has 0 aliphatic carbocycles. The molecule has 1 heterocycles. The molecule has 1 aliphatic rings. The van der Waals surface area contributed by atoms with Gasteiger partial charge in [-0.3, -0.25) is 9.59 Å². The summed E-state index contributed by atoms with van der Waals surface area (Å²) in [7, 11) is 3.12. The average Bonchev–Trinajstić information content (AvgIpc) is 2.69. The topological polar surface area (TPSA) is 59.1 Å². The lowest BCUT2D eigenvalue weighted by atomic mass is 10.1. The van der Waals surface area contributed by atoms with Crippen LogP contribution in [0, 0.1) is 0 Å². The lowest BCUT2D eigenvalue weighted by Crippen LogP contribution is -2.57. The number of nitrogens with zero attached hydrogens (tertiary/aromatic N) is 2. The Morgan fingerprint density at radius 1 is 1.07 bits per heavy atom. The molecule has 1 aliphatic heterocycles. The van der Waals surface area contributed by atoms with Crippen molar-refractivity contribution < 1.29 is 19.1 Å². The minimum Gasteiger partial charge on any atom is -0.493 e. The number of methoxy groups -OCH3 is 2. The first-order chi connectivity index (χ1) is 13.0. The van der Waals surface area contributed by atoms with E-state index in [4.69, 9.17) is 9.47 Å². The minimum atomic E-state index is -0.557. The maximum atomic E-state index is 12.9. The second-order valence-corrected chi connectivity index (χ2v) is 7.13. The maximum absolute atomic E-state index is 12.9. The number of hydrogen-bond acceptors (Lipinski definition) is 4. The number of benzene rings is 2. The van der Waals surface area contributed by atoms with E-state index in [1.54, 1.807) is 55.2 Å². The summed E-state index contributed by atoms with van der Waals surface area (Å²) in [5.41, 5.74) is 1.28. The fourth-order valence-electron chi connectivity index (χ4n) is 3.18. The molecule has 0 N–H and O–H groups in total. The summed E-state index contributed by atoms with van der Waals surface area (Å²) in [5, 5.41) is 0. The van der Waals surface area contributed by atoms with Crippen LogP contribution < -0.4 is 14.4 Å². The Morgan fingerprint density at radius 3 is 2.48 bits per heavy atom. The average molecular weight is 433 g/mol. The highest BCUT2D eigenvalue weighted by molar-refractivity contribution is 9.10. The van der Waals surface area contributed by atoms with Gasteiger partial charge in [-0.15, -0.1) is 0 Å². The number of amides is 2. The Balaban J connectivity index is 1.81. The molecule has 1 unspecified atom stereocenters. The zero-order valence-corrected chi connectivity index (χ0v) is 17.0. The first-order valence-corrected chi connectivity index (χ1v) is 9.35. The second-order valence-electron chi connectivity index (χ2n) is 6.21. The molecule has 0 radical (unpaired) electrons. The minimum absolute atomic E-state index is 0.128. The van der Waals surface area contributed by atoms with E-state index < -0.39 is 6.04 Å². The second kappa shape index (κ2) is 8.00. The number of rotatable bonds is 4. The fraction of sp³-hybridized carbons (Fsp3) is 0.300. The molecule has 27 heavy (non-hydrogen) atoms. The van der Waals surface area contributed by atoms with Gasteiger partial charge in [0.15, 0.2) is 11.5 Å². The van der Waals surface area contributed by atoms with Crippen LogP contribution in [0.25, 0.3) is 0 Å². The molecule has 142 valence electrons. The largest absolute Gasteiger partial charge is 0.493 e. The molecule has 0 saturated carbocycles. The van der Waals surface area contributed by atoms with Crippen molar-refractivity contribution in [1.82, 2.24) is 4.90 Å². The Hall–Kier alpha value is -2.54. The van der Waals surface area contributed by atoms with E-state index in [2.05, 4.69) is 15.9 Å². The van der Waals surface area contributed by atoms with Crippen LogP contribution in [0.3, 0.4) is 0 Å². The van der Waals surface area contributed by atoms with Gasteiger partial charge in [0.05, 0.1) is 14.2 Å². The summed E-state index contributed by atoms with van der Waals surface area (Å²) in [6, 6.07) is 12.0. The number of ether oxygens (including phenoxy) is 2. The highest BCUT2D eigenvalue weighted by atomic mass is 79.9. The summed E-state index contributed by atoms with van der Waals surface area (Å²) in [5.74, 6) is 0.884. The van der Waals surface area contributed by atoms with E-state index in [0.717, 1.165) is 10.2 Å². The summed E-state index contributed by atoms with van der Waals surface area (Å²) >= 11 is 3.38. The number of halogens is 1. The highest BCUT2D eigenvalue weighted by Gasteiger charge is 2.35. The van der Waals surface area contributed by atoms with Gasteiger partial charge < -0.3 is 19.3 Å². The number of piperazine rings is 1. The molecule has 1 fully saturated rings. The van der Waals surface area contributed by atoms with Crippen LogP contribution in [0.1, 0.15) is 17.3 Å². The van der Waals surface area contributed by atoms with Crippen LogP contribution in [0.4, 0.5) is 5.69 Å². The van der Waals surface area contributed by atoms with Crippen molar-refractivity contribution in [3.8, 4) is 11.5 Å². The lowest BCUT2D eigenvalue weighted by molar-refractivity contribution is -0.124. The number of carbonyl (C=O) groups is 2. The summed E-state index contributed by atoms with van der Waals surface area (Å²) in [6.45, 7) is 2.62. The first-order valence-electron chi connectivity index (χ1n) is 8.56. The normalized spacial score (nSPS) is 17.0. The molecule has 1 saturated heterocycles. The van der Waals surface area contributed by atoms with E-state index in [0.29, 0.717) is 30.2 Å². The molecular formula is C20H21BrN2O4. The quantitative estimate of drug-likeness (QED) is 0.742. The number of hydrogen-bond donors (Lipinski definition) is 0. The van der Waals surface area contributed by atoms with Gasteiger partial charge in [-0.25, -0.2) is 0 Å². The van der Waals surface area contributed by atoms with Gasteiger partial charge in [0.2, 0.25) is 5.91 Å². The lowest BCUT2D eigenvalue weighted by Gasteiger charge is -2.39. The van der Waals surface area contributed by atoms with Gasteiger partial charge in [0.1, 0.15) is 6.04 Å². The van der Waals surface area contributed by atoms with Crippen molar-refractivity contribution in [2.45, 2.75) is 13.0 Å². The molecule has 2 aromatic rings. The van der Waals surface area contributed by atoms with Gasteiger partial charge >= 0.3 is 0 Å². The SMILES string of the molecule is COc1ccc(N2CCN(C(=O)c3cccc(Br)c3)C(C)C2=O)cc1OC. The molecule has 3 rings (SSSR count). The molecule has 2 aromatic carbocycles. The molecule has 2 amide bonds. The Bertz CT molecular complexity index is 871. The van der Waals surface area contributed by atoms with Gasteiger partial charge in [-0.1, -0.05) is 22.0 Å². The predicted molar refractivity (Wildman–Crippen MR) is 107 cm³/mol. The van der Waals surface area contributed by atoms with Crippen molar-refractivity contribution in [2.75, 3.05) is 32.2 Å². The van der Waals surface area contributed by atoms with Crippen LogP contribution in [0.5, 0.6) is 11.5 Å². The third-order valence-corrected chi connectivity index (χ3v) is 5.16. The fourth-order valence-corrected chi connectivity index (χ4v) is 3.58. The Kier molecular flexibility index (Phi) is 5.70. The van der Waals surface area contributed by atoms with E-state index >= 15 is 0 Å². The standard InChI is InChI=1S/C20H21BrN2O4/c1-13-19(24)23(16-7-8-17(26-2)18(12-16)27-3)10-9-22(13)20(25)14-5-4-6-15(21)11-14/h4-8,11-13H,9-10H2,1-3H3. The predicted octanol–water partition coefficient (Wildman–Crippen LogP) is 3.34. The summed E-state index contributed by atoms with van der Waals surface area (Å²) < 4.78 is 11.4. The van der Waals surface area contributed by atoms with Crippen LogP contribution in [0.2, 0.25) is 0 Å². The molecule has 6 nitrogen and oxygen atoms in total. The third-order valence-electron chi connectivity index (χ3n) is 4.67. The van der Waals surface area contributed by atoms with Crippen molar-refractivity contribution in [3.05, 3.63) is 52.5 Å². The summed E-state index contributed by atoms with van der Waals surface area (Å²) in [4.78, 5) is 29.1. The summed E-state index contributed by atoms with van der Waals surface area (Å²) in [6.07, 6.45) is 0. The van der Waals surface area contributed by atoms with Gasteiger partial charge in [-0.2, -0.15) is 0 Å². The van der Waals surface area contributed by atoms with Crippen molar-refractivity contribution >= 4 is 33.4 Å². The smallest absolute Gasteiger partial charge is 0.254 e. The molecule has 0 spiro atoms. The van der Waals surface area contributed by atoms with E-state index in [-0.39, 0.29) is 11.8 Å². The van der Waals surface area contributed by atoms with Crippen molar-refractivity contribution in [1.29, 1.82) is 0 Å². The Labute approximate surface area is 166 Å². The maximum Gasteiger partial charge on any atom is 0.254 e. The zero-order chi connectivity index (χ0) is 19.6.